The van der Waals surface area contributed by atoms with E-state index in [0.29, 0.717) is 28.5 Å². The lowest BCUT2D eigenvalue weighted by atomic mass is 10.1. The molecular formula is C17H14FN5O. The van der Waals surface area contributed by atoms with E-state index in [0.717, 1.165) is 6.20 Å². The van der Waals surface area contributed by atoms with Crippen LogP contribution in [0, 0.1) is 19.7 Å². The minimum Gasteiger partial charge on any atom is -0.305 e. The summed E-state index contributed by atoms with van der Waals surface area (Å²) >= 11 is 0. The van der Waals surface area contributed by atoms with Crippen LogP contribution in [-0.4, -0.2) is 25.8 Å². The van der Waals surface area contributed by atoms with Gasteiger partial charge in [0.15, 0.2) is 0 Å². The molecular weight excluding hydrogens is 309 g/mol. The van der Waals surface area contributed by atoms with Crippen molar-refractivity contribution >= 4 is 11.7 Å². The molecule has 0 spiro atoms. The topological polar surface area (TPSA) is 80.7 Å². The van der Waals surface area contributed by atoms with Gasteiger partial charge in [-0.25, -0.2) is 19.3 Å². The van der Waals surface area contributed by atoms with E-state index < -0.39 is 11.7 Å². The molecule has 1 N–H and O–H groups in total. The Bertz CT molecular complexity index is 913. The van der Waals surface area contributed by atoms with Crippen molar-refractivity contribution in [2.75, 3.05) is 5.32 Å². The molecule has 3 aromatic rings. The van der Waals surface area contributed by atoms with Crippen molar-refractivity contribution in [1.82, 2.24) is 19.9 Å². The van der Waals surface area contributed by atoms with Crippen molar-refractivity contribution in [3.63, 3.8) is 0 Å². The van der Waals surface area contributed by atoms with Crippen LogP contribution >= 0.6 is 0 Å². The van der Waals surface area contributed by atoms with Crippen LogP contribution in [0.25, 0.3) is 11.1 Å². The maximum atomic E-state index is 13.4. The van der Waals surface area contributed by atoms with Gasteiger partial charge < -0.3 is 5.32 Å². The lowest BCUT2D eigenvalue weighted by Crippen LogP contribution is -2.15. The van der Waals surface area contributed by atoms with E-state index >= 15 is 0 Å². The van der Waals surface area contributed by atoms with E-state index in [9.17, 15) is 9.18 Å². The summed E-state index contributed by atoms with van der Waals surface area (Å²) in [4.78, 5) is 28.6. The first kappa shape index (κ1) is 15.7. The Morgan fingerprint density at radius 3 is 2.67 bits per heavy atom. The number of nitrogens with one attached hydrogen (secondary N) is 1. The minimum absolute atomic E-state index is 0.213. The molecule has 0 fully saturated rings. The van der Waals surface area contributed by atoms with Gasteiger partial charge in [-0.15, -0.1) is 0 Å². The summed E-state index contributed by atoms with van der Waals surface area (Å²) in [5, 5.41) is 2.67. The summed E-state index contributed by atoms with van der Waals surface area (Å²) in [6.45, 7) is 3.50. The fourth-order valence-corrected chi connectivity index (χ4v) is 2.23. The van der Waals surface area contributed by atoms with Gasteiger partial charge in [-0.2, -0.15) is 0 Å². The van der Waals surface area contributed by atoms with Crippen LogP contribution in [0.15, 0.2) is 42.9 Å². The van der Waals surface area contributed by atoms with Crippen molar-refractivity contribution in [2.24, 2.45) is 0 Å². The first-order valence-corrected chi connectivity index (χ1v) is 7.22. The van der Waals surface area contributed by atoms with Gasteiger partial charge in [-0.3, -0.25) is 9.78 Å². The summed E-state index contributed by atoms with van der Waals surface area (Å²) in [7, 11) is 0. The second-order valence-electron chi connectivity index (χ2n) is 5.22. The summed E-state index contributed by atoms with van der Waals surface area (Å²) in [5.41, 5.74) is 2.09. The molecule has 0 bridgehead atoms. The zero-order chi connectivity index (χ0) is 17.1. The SMILES string of the molecule is Cc1cc(-c2cncc(F)c2)cc(C(=O)Nc2ccnc(C)n2)n1. The van der Waals surface area contributed by atoms with E-state index in [1.54, 1.807) is 38.2 Å². The zero-order valence-corrected chi connectivity index (χ0v) is 13.1. The van der Waals surface area contributed by atoms with Crippen molar-refractivity contribution in [1.29, 1.82) is 0 Å². The van der Waals surface area contributed by atoms with E-state index in [2.05, 4.69) is 25.3 Å². The number of halogens is 1. The molecule has 0 aliphatic rings. The predicted molar refractivity (Wildman–Crippen MR) is 86.9 cm³/mol. The molecule has 3 aromatic heterocycles. The lowest BCUT2D eigenvalue weighted by molar-refractivity contribution is 0.102. The van der Waals surface area contributed by atoms with Gasteiger partial charge in [0, 0.05) is 23.7 Å². The van der Waals surface area contributed by atoms with E-state index in [1.807, 2.05) is 0 Å². The standard InChI is InChI=1S/C17H14FN5O/c1-10-5-12(13-6-14(18)9-19-8-13)7-15(21-10)17(24)23-16-3-4-20-11(2)22-16/h3-9H,1-2H3,(H,20,22,23,24). The Morgan fingerprint density at radius 1 is 1.08 bits per heavy atom. The number of aromatic nitrogens is 4. The highest BCUT2D eigenvalue weighted by atomic mass is 19.1. The van der Waals surface area contributed by atoms with Crippen molar-refractivity contribution in [3.8, 4) is 11.1 Å². The van der Waals surface area contributed by atoms with E-state index in [4.69, 9.17) is 0 Å². The second kappa shape index (κ2) is 6.49. The molecule has 0 aliphatic heterocycles. The third-order valence-corrected chi connectivity index (χ3v) is 3.24. The van der Waals surface area contributed by atoms with Gasteiger partial charge in [-0.1, -0.05) is 0 Å². The smallest absolute Gasteiger partial charge is 0.275 e. The maximum absolute atomic E-state index is 13.4. The average molecular weight is 323 g/mol. The molecule has 0 aromatic carbocycles. The monoisotopic (exact) mass is 323 g/mol. The van der Waals surface area contributed by atoms with Gasteiger partial charge in [0.1, 0.15) is 23.2 Å². The van der Waals surface area contributed by atoms with Gasteiger partial charge in [-0.05, 0) is 43.7 Å². The normalized spacial score (nSPS) is 10.5. The fraction of sp³-hybridized carbons (Fsp3) is 0.118. The quantitative estimate of drug-likeness (QED) is 0.801. The van der Waals surface area contributed by atoms with Crippen molar-refractivity contribution in [3.05, 3.63) is 65.9 Å². The molecule has 120 valence electrons. The highest BCUT2D eigenvalue weighted by molar-refractivity contribution is 6.03. The maximum Gasteiger partial charge on any atom is 0.275 e. The summed E-state index contributed by atoms with van der Waals surface area (Å²) in [5.74, 6) is 0.105. The largest absolute Gasteiger partial charge is 0.305 e. The van der Waals surface area contributed by atoms with Gasteiger partial charge in [0.05, 0.1) is 6.20 Å². The molecule has 6 nitrogen and oxygen atoms in total. The van der Waals surface area contributed by atoms with E-state index in [-0.39, 0.29) is 5.69 Å². The first-order chi connectivity index (χ1) is 11.5. The zero-order valence-electron chi connectivity index (χ0n) is 13.1. The molecule has 7 heteroatoms. The van der Waals surface area contributed by atoms with Crippen LogP contribution < -0.4 is 5.32 Å². The highest BCUT2D eigenvalue weighted by Gasteiger charge is 2.12. The van der Waals surface area contributed by atoms with Crippen LogP contribution in [0.1, 0.15) is 22.0 Å². The molecule has 3 rings (SSSR count). The Balaban J connectivity index is 1.92. The average Bonchev–Trinajstić information content (AvgIpc) is 2.54. The number of aryl methyl sites for hydroxylation is 2. The third-order valence-electron chi connectivity index (χ3n) is 3.24. The fourth-order valence-electron chi connectivity index (χ4n) is 2.23. The Hall–Kier alpha value is -3.22. The number of hydrogen-bond donors (Lipinski definition) is 1. The molecule has 0 saturated heterocycles. The van der Waals surface area contributed by atoms with Crippen molar-refractivity contribution in [2.45, 2.75) is 13.8 Å². The minimum atomic E-state index is -0.440. The van der Waals surface area contributed by atoms with Gasteiger partial charge >= 0.3 is 0 Å². The van der Waals surface area contributed by atoms with Gasteiger partial charge in [0.2, 0.25) is 0 Å². The molecule has 0 saturated carbocycles. The summed E-state index contributed by atoms with van der Waals surface area (Å²) < 4.78 is 13.4. The van der Waals surface area contributed by atoms with Crippen molar-refractivity contribution < 1.29 is 9.18 Å². The number of hydrogen-bond acceptors (Lipinski definition) is 5. The lowest BCUT2D eigenvalue weighted by Gasteiger charge is -2.08. The van der Waals surface area contributed by atoms with Crippen LogP contribution in [0.2, 0.25) is 0 Å². The van der Waals surface area contributed by atoms with E-state index in [1.165, 1.54) is 12.3 Å². The summed E-state index contributed by atoms with van der Waals surface area (Å²) in [6.07, 6.45) is 4.22. The molecule has 0 atom stereocenters. The van der Waals surface area contributed by atoms with Crippen LogP contribution in [0.4, 0.5) is 10.2 Å². The number of nitrogens with zero attached hydrogens (tertiary/aromatic N) is 4. The molecule has 0 aliphatic carbocycles. The summed E-state index contributed by atoms with van der Waals surface area (Å²) in [6, 6.07) is 6.31. The van der Waals surface area contributed by atoms with Crippen LogP contribution in [0.5, 0.6) is 0 Å². The molecule has 0 radical (unpaired) electrons. The van der Waals surface area contributed by atoms with Crippen LogP contribution in [-0.2, 0) is 0 Å². The molecule has 24 heavy (non-hydrogen) atoms. The van der Waals surface area contributed by atoms with Gasteiger partial charge in [0.25, 0.3) is 5.91 Å². The highest BCUT2D eigenvalue weighted by Crippen LogP contribution is 2.21. The molecule has 1 amide bonds. The second-order valence-corrected chi connectivity index (χ2v) is 5.22. The number of rotatable bonds is 3. The third kappa shape index (κ3) is 3.57. The number of anilines is 1. The number of carbonyl (C=O) groups is 1. The van der Waals surface area contributed by atoms with Crippen LogP contribution in [0.3, 0.4) is 0 Å². The first-order valence-electron chi connectivity index (χ1n) is 7.22. The number of carbonyl (C=O) groups excluding carboxylic acids is 1. The Morgan fingerprint density at radius 2 is 1.92 bits per heavy atom. The number of amides is 1. The predicted octanol–water partition coefficient (Wildman–Crippen LogP) is 2.94. The molecule has 3 heterocycles. The Kier molecular flexibility index (Phi) is 4.24. The Labute approximate surface area is 137 Å². The number of pyridine rings is 2. The molecule has 0 unspecified atom stereocenters.